The lowest BCUT2D eigenvalue weighted by atomic mass is 10.0. The second-order valence-electron chi connectivity index (χ2n) is 7.76. The molecular formula is C22H27N5O5S. The molecule has 2 aromatic carbocycles. The van der Waals surface area contributed by atoms with Crippen molar-refractivity contribution in [3.63, 3.8) is 0 Å². The molecule has 1 fully saturated rings. The van der Waals surface area contributed by atoms with Crippen molar-refractivity contribution in [1.82, 2.24) is 14.9 Å². The number of carbonyl (C=O) groups is 2. The van der Waals surface area contributed by atoms with Crippen LogP contribution in [0.25, 0.3) is 0 Å². The van der Waals surface area contributed by atoms with E-state index in [-0.39, 0.29) is 24.0 Å². The van der Waals surface area contributed by atoms with E-state index >= 15 is 0 Å². The van der Waals surface area contributed by atoms with E-state index in [1.807, 2.05) is 0 Å². The zero-order valence-electron chi connectivity index (χ0n) is 17.9. The summed E-state index contributed by atoms with van der Waals surface area (Å²) >= 11 is 0. The Morgan fingerprint density at radius 2 is 1.79 bits per heavy atom. The van der Waals surface area contributed by atoms with Crippen molar-refractivity contribution in [2.75, 3.05) is 13.2 Å². The second kappa shape index (κ2) is 10.6. The number of rotatable bonds is 10. The predicted octanol–water partition coefficient (Wildman–Crippen LogP) is -0.332. The van der Waals surface area contributed by atoms with E-state index in [0.29, 0.717) is 24.1 Å². The average Bonchev–Trinajstić information content (AvgIpc) is 2.76. The summed E-state index contributed by atoms with van der Waals surface area (Å²) in [5, 5.41) is 19.8. The second-order valence-corrected chi connectivity index (χ2v) is 9.52. The summed E-state index contributed by atoms with van der Waals surface area (Å²) in [5.41, 5.74) is 7.34. The van der Waals surface area contributed by atoms with Crippen molar-refractivity contribution in [2.24, 2.45) is 5.73 Å². The highest BCUT2D eigenvalue weighted by Gasteiger charge is 2.40. The van der Waals surface area contributed by atoms with Crippen molar-refractivity contribution < 1.29 is 23.1 Å². The molecule has 10 nitrogen and oxygen atoms in total. The first-order valence-corrected chi connectivity index (χ1v) is 12.0. The fourth-order valence-electron chi connectivity index (χ4n) is 3.45. The van der Waals surface area contributed by atoms with Gasteiger partial charge in [0.1, 0.15) is 17.9 Å². The smallest absolute Gasteiger partial charge is 0.243 e. The Hall–Kier alpha value is -3.28. The van der Waals surface area contributed by atoms with Crippen LogP contribution >= 0.6 is 0 Å². The molecule has 0 bridgehead atoms. The summed E-state index contributed by atoms with van der Waals surface area (Å²) in [4.78, 5) is 26.6. The molecule has 3 rings (SSSR count). The van der Waals surface area contributed by atoms with Crippen molar-refractivity contribution in [2.45, 2.75) is 30.8 Å². The van der Waals surface area contributed by atoms with Gasteiger partial charge in [0, 0.05) is 18.7 Å². The van der Waals surface area contributed by atoms with Gasteiger partial charge in [-0.25, -0.2) is 13.1 Å². The van der Waals surface area contributed by atoms with Gasteiger partial charge in [-0.15, -0.1) is 0 Å². The van der Waals surface area contributed by atoms with Crippen LogP contribution in [0.15, 0.2) is 54.6 Å². The number of aliphatic hydroxyl groups excluding tert-OH is 1. The lowest BCUT2D eigenvalue weighted by Crippen LogP contribution is -2.63. The van der Waals surface area contributed by atoms with E-state index in [4.69, 9.17) is 11.1 Å². The number of amidine groups is 1. The molecule has 0 aliphatic carbocycles. The summed E-state index contributed by atoms with van der Waals surface area (Å²) in [5.74, 6) is -1.39. The summed E-state index contributed by atoms with van der Waals surface area (Å²) in [6.07, 6.45) is 0.440. The molecule has 0 radical (unpaired) electrons. The number of aliphatic hydroxyl groups is 1. The first kappa shape index (κ1) is 24.4. The molecular weight excluding hydrogens is 446 g/mol. The maximum atomic E-state index is 12.8. The number of nitrogens with two attached hydrogens (primary N) is 1. The quantitative estimate of drug-likeness (QED) is 0.234. The van der Waals surface area contributed by atoms with Gasteiger partial charge in [0.05, 0.1) is 12.4 Å². The maximum Gasteiger partial charge on any atom is 0.243 e. The summed E-state index contributed by atoms with van der Waals surface area (Å²) in [6, 6.07) is 13.2. The van der Waals surface area contributed by atoms with Crippen molar-refractivity contribution in [3.05, 3.63) is 71.3 Å². The van der Waals surface area contributed by atoms with Crippen LogP contribution in [0.4, 0.5) is 0 Å². The number of benzene rings is 2. The van der Waals surface area contributed by atoms with Crippen LogP contribution < -0.4 is 15.8 Å². The SMILES string of the molecule is N=C(N)c1ccc(CNC(=O)C2CCN2C(=O)[C@@H](CO)NS(=O)(=O)Cc2ccccc2)cc1. The van der Waals surface area contributed by atoms with Gasteiger partial charge in [0.2, 0.25) is 21.8 Å². The van der Waals surface area contributed by atoms with Crippen LogP contribution in [0, 0.1) is 5.41 Å². The Labute approximate surface area is 192 Å². The molecule has 11 heteroatoms. The molecule has 1 heterocycles. The van der Waals surface area contributed by atoms with Crippen molar-refractivity contribution in [3.8, 4) is 0 Å². The summed E-state index contributed by atoms with van der Waals surface area (Å²) in [7, 11) is -3.88. The van der Waals surface area contributed by atoms with Crippen LogP contribution in [-0.4, -0.2) is 61.3 Å². The van der Waals surface area contributed by atoms with Crippen molar-refractivity contribution >= 4 is 27.7 Å². The Bertz CT molecular complexity index is 1110. The largest absolute Gasteiger partial charge is 0.394 e. The van der Waals surface area contributed by atoms with Gasteiger partial charge in [-0.3, -0.25) is 15.0 Å². The van der Waals surface area contributed by atoms with Gasteiger partial charge in [-0.2, -0.15) is 0 Å². The summed E-state index contributed by atoms with van der Waals surface area (Å²) < 4.78 is 27.1. The molecule has 0 spiro atoms. The van der Waals surface area contributed by atoms with Gasteiger partial charge in [0.15, 0.2) is 0 Å². The first-order valence-electron chi connectivity index (χ1n) is 10.4. The van der Waals surface area contributed by atoms with Crippen LogP contribution in [0.1, 0.15) is 23.1 Å². The van der Waals surface area contributed by atoms with Crippen LogP contribution in [-0.2, 0) is 31.9 Å². The van der Waals surface area contributed by atoms with E-state index in [1.165, 1.54) is 4.90 Å². The van der Waals surface area contributed by atoms with Gasteiger partial charge in [-0.1, -0.05) is 54.6 Å². The highest BCUT2D eigenvalue weighted by atomic mass is 32.2. The highest BCUT2D eigenvalue weighted by Crippen LogP contribution is 2.19. The normalized spacial score (nSPS) is 16.5. The zero-order chi connectivity index (χ0) is 24.0. The number of hydrogen-bond donors (Lipinski definition) is 5. The lowest BCUT2D eigenvalue weighted by molar-refractivity contribution is -0.149. The average molecular weight is 474 g/mol. The van der Waals surface area contributed by atoms with E-state index < -0.39 is 34.6 Å². The Kier molecular flexibility index (Phi) is 7.79. The molecule has 2 aromatic rings. The van der Waals surface area contributed by atoms with Gasteiger partial charge >= 0.3 is 0 Å². The third-order valence-electron chi connectivity index (χ3n) is 5.34. The van der Waals surface area contributed by atoms with Gasteiger partial charge in [-0.05, 0) is 17.5 Å². The fraction of sp³-hybridized carbons (Fsp3) is 0.318. The molecule has 2 amide bonds. The molecule has 2 atom stereocenters. The Balaban J connectivity index is 1.56. The topological polar surface area (TPSA) is 166 Å². The third kappa shape index (κ3) is 6.37. The molecule has 1 aliphatic rings. The van der Waals surface area contributed by atoms with Gasteiger partial charge in [0.25, 0.3) is 0 Å². The standard InChI is InChI=1S/C22H27N5O5S/c23-20(24)17-8-6-15(7-9-17)12-25-21(29)19-10-11-27(19)22(30)18(13-28)26-33(31,32)14-16-4-2-1-3-5-16/h1-9,18-19,26,28H,10-14H2,(H3,23,24)(H,25,29)/t18-,19?/m1/s1. The number of carbonyl (C=O) groups excluding carboxylic acids is 2. The van der Waals surface area contributed by atoms with Crippen LogP contribution in [0.3, 0.4) is 0 Å². The minimum absolute atomic E-state index is 0.0490. The first-order chi connectivity index (χ1) is 15.7. The molecule has 176 valence electrons. The third-order valence-corrected chi connectivity index (χ3v) is 6.70. The lowest BCUT2D eigenvalue weighted by Gasteiger charge is -2.41. The number of nitrogens with one attached hydrogen (secondary N) is 3. The number of likely N-dealkylation sites (tertiary alicyclic amines) is 1. The summed E-state index contributed by atoms with van der Waals surface area (Å²) in [6.45, 7) is -0.204. The predicted molar refractivity (Wildman–Crippen MR) is 122 cm³/mol. The molecule has 6 N–H and O–H groups in total. The number of nitrogen functional groups attached to an aromatic ring is 1. The minimum Gasteiger partial charge on any atom is -0.394 e. The number of amides is 2. The van der Waals surface area contributed by atoms with Crippen LogP contribution in [0.2, 0.25) is 0 Å². The van der Waals surface area contributed by atoms with Crippen molar-refractivity contribution in [1.29, 1.82) is 5.41 Å². The molecule has 33 heavy (non-hydrogen) atoms. The minimum atomic E-state index is -3.88. The molecule has 0 aromatic heterocycles. The number of nitrogens with zero attached hydrogens (tertiary/aromatic N) is 1. The highest BCUT2D eigenvalue weighted by molar-refractivity contribution is 7.88. The van der Waals surface area contributed by atoms with Crippen LogP contribution in [0.5, 0.6) is 0 Å². The molecule has 0 saturated carbocycles. The maximum absolute atomic E-state index is 12.8. The fourth-order valence-corrected chi connectivity index (χ4v) is 4.77. The molecule has 1 saturated heterocycles. The monoisotopic (exact) mass is 473 g/mol. The van der Waals surface area contributed by atoms with Gasteiger partial charge < -0.3 is 21.1 Å². The van der Waals surface area contributed by atoms with E-state index in [1.54, 1.807) is 54.6 Å². The molecule has 1 unspecified atom stereocenters. The van der Waals surface area contributed by atoms with E-state index in [0.717, 1.165) is 5.56 Å². The Morgan fingerprint density at radius 3 is 2.33 bits per heavy atom. The molecule has 1 aliphatic heterocycles. The zero-order valence-corrected chi connectivity index (χ0v) is 18.7. The van der Waals surface area contributed by atoms with E-state index in [2.05, 4.69) is 10.0 Å². The Morgan fingerprint density at radius 1 is 1.12 bits per heavy atom. The van der Waals surface area contributed by atoms with E-state index in [9.17, 15) is 23.1 Å². The number of hydrogen-bond acceptors (Lipinski definition) is 6. The number of sulfonamides is 1.